The van der Waals surface area contributed by atoms with E-state index < -0.39 is 11.3 Å². The third-order valence-electron chi connectivity index (χ3n) is 1.82. The molecule has 1 rings (SSSR count). The quantitative estimate of drug-likeness (QED) is 0.571. The minimum absolute atomic E-state index is 0.461. The van der Waals surface area contributed by atoms with E-state index in [4.69, 9.17) is 16.3 Å². The molecule has 0 bridgehead atoms. The van der Waals surface area contributed by atoms with Gasteiger partial charge < -0.3 is 9.47 Å². The number of halogens is 1. The molecular formula is C10H11ClO3. The predicted octanol–water partition coefficient (Wildman–Crippen LogP) is 2.15. The second-order valence-corrected chi connectivity index (χ2v) is 3.10. The van der Waals surface area contributed by atoms with Gasteiger partial charge >= 0.3 is 5.97 Å². The highest BCUT2D eigenvalue weighted by Crippen LogP contribution is 2.23. The number of rotatable bonds is 3. The van der Waals surface area contributed by atoms with Crippen LogP contribution >= 0.6 is 11.6 Å². The van der Waals surface area contributed by atoms with Crippen LogP contribution in [-0.2, 0) is 9.53 Å². The Labute approximate surface area is 87.6 Å². The zero-order valence-electron chi connectivity index (χ0n) is 7.99. The van der Waals surface area contributed by atoms with E-state index in [0.29, 0.717) is 5.56 Å². The summed E-state index contributed by atoms with van der Waals surface area (Å²) in [6.07, 6.45) is 0. The van der Waals surface area contributed by atoms with Crippen LogP contribution in [-0.4, -0.2) is 20.2 Å². The summed E-state index contributed by atoms with van der Waals surface area (Å²) in [5, 5.41) is -0.758. The number of carbonyl (C=O) groups is 1. The highest BCUT2D eigenvalue weighted by atomic mass is 35.5. The number of hydrogen-bond acceptors (Lipinski definition) is 3. The number of carbonyl (C=O) groups excluding carboxylic acids is 1. The molecule has 1 aromatic rings. The summed E-state index contributed by atoms with van der Waals surface area (Å²) in [6.45, 7) is 0. The van der Waals surface area contributed by atoms with Gasteiger partial charge in [-0.2, -0.15) is 0 Å². The van der Waals surface area contributed by atoms with Crippen molar-refractivity contribution >= 4 is 17.6 Å². The summed E-state index contributed by atoms with van der Waals surface area (Å²) in [5.41, 5.74) is 0.694. The van der Waals surface area contributed by atoms with Gasteiger partial charge in [0.15, 0.2) is 5.38 Å². The molecule has 14 heavy (non-hydrogen) atoms. The van der Waals surface area contributed by atoms with Crippen LogP contribution in [0.2, 0.25) is 0 Å². The van der Waals surface area contributed by atoms with Gasteiger partial charge in [-0.15, -0.1) is 11.6 Å². The molecule has 3 nitrogen and oxygen atoms in total. The molecule has 0 amide bonds. The summed E-state index contributed by atoms with van der Waals surface area (Å²) in [4.78, 5) is 11.1. The standard InChI is InChI=1S/C10H11ClO3/c1-13-8-5-3-7(4-6-8)9(11)10(12)14-2/h3-6,9H,1-2H3. The van der Waals surface area contributed by atoms with E-state index in [2.05, 4.69) is 4.74 Å². The third kappa shape index (κ3) is 2.39. The van der Waals surface area contributed by atoms with Crippen molar-refractivity contribution in [1.82, 2.24) is 0 Å². The van der Waals surface area contributed by atoms with E-state index in [1.807, 2.05) is 0 Å². The summed E-state index contributed by atoms with van der Waals surface area (Å²) < 4.78 is 9.50. The molecule has 0 aliphatic rings. The lowest BCUT2D eigenvalue weighted by Gasteiger charge is -2.07. The molecular weight excluding hydrogens is 204 g/mol. The molecule has 0 radical (unpaired) electrons. The van der Waals surface area contributed by atoms with Gasteiger partial charge in [-0.25, -0.2) is 0 Å². The van der Waals surface area contributed by atoms with Gasteiger partial charge in [0.05, 0.1) is 14.2 Å². The van der Waals surface area contributed by atoms with Crippen molar-refractivity contribution in [3.8, 4) is 5.75 Å². The third-order valence-corrected chi connectivity index (χ3v) is 2.25. The molecule has 0 N–H and O–H groups in total. The average Bonchev–Trinajstić information content (AvgIpc) is 2.27. The predicted molar refractivity (Wildman–Crippen MR) is 53.6 cm³/mol. The molecule has 0 spiro atoms. The minimum atomic E-state index is -0.758. The molecule has 0 saturated carbocycles. The molecule has 4 heteroatoms. The smallest absolute Gasteiger partial charge is 0.328 e. The molecule has 1 unspecified atom stereocenters. The summed E-state index contributed by atoms with van der Waals surface area (Å²) in [7, 11) is 2.88. The van der Waals surface area contributed by atoms with Crippen LogP contribution in [0.25, 0.3) is 0 Å². The zero-order chi connectivity index (χ0) is 10.6. The maximum Gasteiger partial charge on any atom is 0.328 e. The first-order chi connectivity index (χ1) is 6.69. The Bertz CT molecular complexity index is 308. The van der Waals surface area contributed by atoms with Gasteiger partial charge in [0.1, 0.15) is 5.75 Å². The largest absolute Gasteiger partial charge is 0.497 e. The van der Waals surface area contributed by atoms with Crippen molar-refractivity contribution in [2.75, 3.05) is 14.2 Å². The lowest BCUT2D eigenvalue weighted by atomic mass is 10.1. The van der Waals surface area contributed by atoms with Crippen molar-refractivity contribution < 1.29 is 14.3 Å². The van der Waals surface area contributed by atoms with E-state index in [1.165, 1.54) is 7.11 Å². The Balaban J connectivity index is 2.81. The Kier molecular flexibility index (Phi) is 3.77. The lowest BCUT2D eigenvalue weighted by molar-refractivity contribution is -0.140. The SMILES string of the molecule is COC(=O)C(Cl)c1ccc(OC)cc1. The summed E-state index contributed by atoms with van der Waals surface area (Å²) in [5.74, 6) is 0.263. The topological polar surface area (TPSA) is 35.5 Å². The molecule has 0 fully saturated rings. The minimum Gasteiger partial charge on any atom is -0.497 e. The second kappa shape index (κ2) is 4.86. The van der Waals surface area contributed by atoms with Gasteiger partial charge in [-0.1, -0.05) is 12.1 Å². The fourth-order valence-corrected chi connectivity index (χ4v) is 1.25. The van der Waals surface area contributed by atoms with Crippen molar-refractivity contribution in [2.45, 2.75) is 5.38 Å². The first kappa shape index (κ1) is 10.9. The van der Waals surface area contributed by atoms with E-state index in [0.717, 1.165) is 5.75 Å². The van der Waals surface area contributed by atoms with Gasteiger partial charge in [0.25, 0.3) is 0 Å². The number of esters is 1. The molecule has 1 aromatic carbocycles. The van der Waals surface area contributed by atoms with Crippen molar-refractivity contribution in [3.05, 3.63) is 29.8 Å². The second-order valence-electron chi connectivity index (χ2n) is 2.66. The molecule has 0 aromatic heterocycles. The molecule has 0 aliphatic carbocycles. The fraction of sp³-hybridized carbons (Fsp3) is 0.300. The van der Waals surface area contributed by atoms with Crippen LogP contribution < -0.4 is 4.74 Å². The van der Waals surface area contributed by atoms with E-state index in [-0.39, 0.29) is 0 Å². The normalized spacial score (nSPS) is 11.9. The Hall–Kier alpha value is -1.22. The zero-order valence-corrected chi connectivity index (χ0v) is 8.75. The highest BCUT2D eigenvalue weighted by Gasteiger charge is 2.17. The van der Waals surface area contributed by atoms with Crippen LogP contribution in [0.3, 0.4) is 0 Å². The fourth-order valence-electron chi connectivity index (χ4n) is 1.01. The molecule has 0 aliphatic heterocycles. The number of hydrogen-bond donors (Lipinski definition) is 0. The van der Waals surface area contributed by atoms with Crippen LogP contribution in [0.1, 0.15) is 10.9 Å². The Morgan fingerprint density at radius 3 is 2.29 bits per heavy atom. The summed E-state index contributed by atoms with van der Waals surface area (Å²) >= 11 is 5.84. The van der Waals surface area contributed by atoms with E-state index in [9.17, 15) is 4.79 Å². The maximum atomic E-state index is 11.1. The number of alkyl halides is 1. The highest BCUT2D eigenvalue weighted by molar-refractivity contribution is 6.29. The van der Waals surface area contributed by atoms with Crippen LogP contribution in [0.5, 0.6) is 5.75 Å². The summed E-state index contributed by atoms with van der Waals surface area (Å²) in [6, 6.07) is 6.95. The van der Waals surface area contributed by atoms with Gasteiger partial charge in [-0.05, 0) is 17.7 Å². The van der Waals surface area contributed by atoms with Crippen LogP contribution in [0, 0.1) is 0 Å². The first-order valence-electron chi connectivity index (χ1n) is 4.05. The number of ether oxygens (including phenoxy) is 2. The van der Waals surface area contributed by atoms with Crippen molar-refractivity contribution in [2.24, 2.45) is 0 Å². The monoisotopic (exact) mass is 214 g/mol. The number of benzene rings is 1. The first-order valence-corrected chi connectivity index (χ1v) is 4.48. The van der Waals surface area contributed by atoms with Crippen molar-refractivity contribution in [1.29, 1.82) is 0 Å². The Morgan fingerprint density at radius 1 is 1.29 bits per heavy atom. The van der Waals surface area contributed by atoms with Crippen molar-refractivity contribution in [3.63, 3.8) is 0 Å². The molecule has 1 atom stereocenters. The average molecular weight is 215 g/mol. The van der Waals surface area contributed by atoms with Gasteiger partial charge in [0.2, 0.25) is 0 Å². The van der Waals surface area contributed by atoms with E-state index in [1.54, 1.807) is 31.4 Å². The van der Waals surface area contributed by atoms with Crippen LogP contribution in [0.15, 0.2) is 24.3 Å². The van der Waals surface area contributed by atoms with Gasteiger partial charge in [-0.3, -0.25) is 4.79 Å². The Morgan fingerprint density at radius 2 is 1.86 bits per heavy atom. The van der Waals surface area contributed by atoms with Crippen LogP contribution in [0.4, 0.5) is 0 Å². The number of methoxy groups -OCH3 is 2. The van der Waals surface area contributed by atoms with Gasteiger partial charge in [0, 0.05) is 0 Å². The molecule has 0 heterocycles. The van der Waals surface area contributed by atoms with E-state index >= 15 is 0 Å². The molecule has 0 saturated heterocycles. The maximum absolute atomic E-state index is 11.1. The molecule has 76 valence electrons. The lowest BCUT2D eigenvalue weighted by Crippen LogP contribution is -2.08.